The first-order valence-corrected chi connectivity index (χ1v) is 13.2. The Hall–Kier alpha value is -5.21. The van der Waals surface area contributed by atoms with Crippen molar-refractivity contribution < 1.29 is 9.53 Å². The van der Waals surface area contributed by atoms with Crippen LogP contribution in [0.15, 0.2) is 101 Å². The minimum Gasteiger partial charge on any atom is -0.482 e. The molecule has 1 aliphatic rings. The van der Waals surface area contributed by atoms with Crippen LogP contribution in [0.1, 0.15) is 0 Å². The molecule has 4 aromatic carbocycles. The molecule has 0 atom stereocenters. The van der Waals surface area contributed by atoms with E-state index in [0.717, 1.165) is 37.6 Å². The van der Waals surface area contributed by atoms with Gasteiger partial charge in [0.2, 0.25) is 0 Å². The number of carbonyl (C=O) groups is 1. The summed E-state index contributed by atoms with van der Waals surface area (Å²) in [6.07, 6.45) is 3.21. The van der Waals surface area contributed by atoms with E-state index in [1.165, 1.54) is 6.20 Å². The van der Waals surface area contributed by atoms with Gasteiger partial charge in [-0.1, -0.05) is 60.1 Å². The topological polar surface area (TPSA) is 97.3 Å². The number of hydrogen-bond donors (Lipinski definition) is 1. The summed E-state index contributed by atoms with van der Waals surface area (Å²) in [6.45, 7) is -0.000729. The zero-order chi connectivity index (χ0) is 28.2. The lowest BCUT2D eigenvalue weighted by Crippen LogP contribution is -2.35. The van der Waals surface area contributed by atoms with E-state index in [9.17, 15) is 14.4 Å². The Labute approximate surface area is 238 Å². The number of benzene rings is 4. The van der Waals surface area contributed by atoms with Crippen molar-refractivity contribution in [2.75, 3.05) is 18.6 Å². The molecule has 9 heteroatoms. The van der Waals surface area contributed by atoms with Gasteiger partial charge in [0.15, 0.2) is 6.61 Å². The molecule has 3 heterocycles. The fraction of sp³-hybridized carbons (Fsp3) is 0.0625. The average molecular weight is 561 g/mol. The molecule has 0 spiro atoms. The molecule has 1 N–H and O–H groups in total. The first kappa shape index (κ1) is 24.8. The summed E-state index contributed by atoms with van der Waals surface area (Å²) in [5.74, 6) is 0.491. The van der Waals surface area contributed by atoms with Gasteiger partial charge in [-0.05, 0) is 47.0 Å². The molecule has 0 saturated heterocycles. The van der Waals surface area contributed by atoms with E-state index >= 15 is 0 Å². The van der Waals surface area contributed by atoms with Gasteiger partial charge in [0.25, 0.3) is 11.5 Å². The minimum atomic E-state index is -0.570. The second kappa shape index (κ2) is 9.46. The number of ether oxygens (including phenoxy) is 1. The highest BCUT2D eigenvalue weighted by Crippen LogP contribution is 2.41. The van der Waals surface area contributed by atoms with Crippen LogP contribution in [0.2, 0.25) is 5.02 Å². The van der Waals surface area contributed by atoms with Crippen LogP contribution in [0.4, 0.5) is 5.69 Å². The highest BCUT2D eigenvalue weighted by atomic mass is 35.5. The minimum absolute atomic E-state index is 0.000729. The zero-order valence-electron chi connectivity index (χ0n) is 21.7. The number of nitrogens with zero attached hydrogens (tertiary/aromatic N) is 3. The normalized spacial score (nSPS) is 12.9. The van der Waals surface area contributed by atoms with E-state index in [-0.39, 0.29) is 12.5 Å². The number of rotatable bonds is 3. The maximum absolute atomic E-state index is 13.6. The van der Waals surface area contributed by atoms with Crippen molar-refractivity contribution in [2.45, 2.75) is 0 Å². The van der Waals surface area contributed by atoms with Crippen molar-refractivity contribution in [3.8, 4) is 33.7 Å². The molecule has 6 aromatic rings. The van der Waals surface area contributed by atoms with Gasteiger partial charge in [0, 0.05) is 34.6 Å². The Morgan fingerprint density at radius 1 is 0.854 bits per heavy atom. The number of aromatic amines is 1. The summed E-state index contributed by atoms with van der Waals surface area (Å²) in [5.41, 5.74) is 3.54. The molecule has 200 valence electrons. The lowest BCUT2D eigenvalue weighted by Gasteiger charge is -2.26. The second-order valence-corrected chi connectivity index (χ2v) is 10.2. The number of hydrogen-bond acceptors (Lipinski definition) is 5. The predicted molar refractivity (Wildman–Crippen MR) is 160 cm³/mol. The zero-order valence-corrected chi connectivity index (χ0v) is 22.5. The first-order chi connectivity index (χ1) is 19.9. The van der Waals surface area contributed by atoms with Crippen LogP contribution in [-0.4, -0.2) is 34.1 Å². The van der Waals surface area contributed by atoms with Crippen molar-refractivity contribution in [2.24, 2.45) is 0 Å². The molecular weight excluding hydrogens is 540 g/mol. The van der Waals surface area contributed by atoms with Crippen LogP contribution < -0.4 is 20.9 Å². The van der Waals surface area contributed by atoms with Crippen molar-refractivity contribution in [1.29, 1.82) is 0 Å². The van der Waals surface area contributed by atoms with Crippen molar-refractivity contribution in [3.05, 3.63) is 117 Å². The van der Waals surface area contributed by atoms with Crippen molar-refractivity contribution in [1.82, 2.24) is 14.5 Å². The van der Waals surface area contributed by atoms with Gasteiger partial charge in [-0.15, -0.1) is 0 Å². The Balaban J connectivity index is 1.39. The quantitative estimate of drug-likeness (QED) is 0.305. The predicted octanol–water partition coefficient (Wildman–Crippen LogP) is 5.57. The van der Waals surface area contributed by atoms with E-state index < -0.39 is 11.2 Å². The van der Waals surface area contributed by atoms with E-state index in [1.807, 2.05) is 60.7 Å². The monoisotopic (exact) mass is 560 g/mol. The van der Waals surface area contributed by atoms with Gasteiger partial charge in [-0.25, -0.2) is 9.36 Å². The number of aromatic nitrogens is 3. The third-order valence-electron chi connectivity index (χ3n) is 7.44. The van der Waals surface area contributed by atoms with E-state index in [2.05, 4.69) is 9.97 Å². The summed E-state index contributed by atoms with van der Waals surface area (Å²) in [7, 11) is 1.72. The van der Waals surface area contributed by atoms with Crippen LogP contribution in [0.25, 0.3) is 49.6 Å². The number of H-pyrrole nitrogens is 1. The van der Waals surface area contributed by atoms with Gasteiger partial charge in [0.05, 0.1) is 28.5 Å². The molecule has 0 fully saturated rings. The number of pyridine rings is 1. The maximum Gasteiger partial charge on any atom is 0.333 e. The fourth-order valence-corrected chi connectivity index (χ4v) is 5.65. The molecule has 0 radical (unpaired) electrons. The molecule has 0 bridgehead atoms. The summed E-state index contributed by atoms with van der Waals surface area (Å²) < 4.78 is 6.70. The number of likely N-dealkylation sites (N-methyl/N-ethyl adjacent to an activating group) is 1. The third-order valence-corrected chi connectivity index (χ3v) is 7.76. The third kappa shape index (κ3) is 3.99. The Morgan fingerprint density at radius 2 is 1.68 bits per heavy atom. The largest absolute Gasteiger partial charge is 0.482 e. The standard InChI is InChI=1S/C32H21ClN4O4/c1-36-26-14-18(10-12-28(26)41-17-29(36)38)22-7-4-8-24(33)30(22)19-9-11-23-25(13-19)35-32(40)37(31(23)39)27-16-34-15-20-5-2-3-6-21(20)27/h2-16H,17H2,1H3,(H,35,40). The highest BCUT2D eigenvalue weighted by Gasteiger charge is 2.23. The summed E-state index contributed by atoms with van der Waals surface area (Å²) >= 11 is 6.75. The molecule has 2 aromatic heterocycles. The fourth-order valence-electron chi connectivity index (χ4n) is 5.37. The summed E-state index contributed by atoms with van der Waals surface area (Å²) in [6, 6.07) is 23.9. The molecule has 8 nitrogen and oxygen atoms in total. The SMILES string of the molecule is CN1C(=O)COc2ccc(-c3cccc(Cl)c3-c3ccc4c(=O)n(-c5cncc6ccccc56)c(=O)[nH]c4c3)cc21. The van der Waals surface area contributed by atoms with E-state index in [0.29, 0.717) is 33.0 Å². The van der Waals surface area contributed by atoms with Crippen LogP contribution >= 0.6 is 11.6 Å². The Bertz CT molecular complexity index is 2160. The average Bonchev–Trinajstić information content (AvgIpc) is 2.98. The number of nitrogens with one attached hydrogen (secondary N) is 1. The van der Waals surface area contributed by atoms with Crippen molar-refractivity contribution in [3.63, 3.8) is 0 Å². The number of carbonyl (C=O) groups excluding carboxylic acids is 1. The molecule has 7 rings (SSSR count). The Kier molecular flexibility index (Phi) is 5.72. The van der Waals surface area contributed by atoms with Crippen molar-refractivity contribution >= 4 is 44.9 Å². The summed E-state index contributed by atoms with van der Waals surface area (Å²) in [5, 5.41) is 2.41. The lowest BCUT2D eigenvalue weighted by molar-refractivity contribution is -0.120. The number of amides is 1. The van der Waals surface area contributed by atoms with Gasteiger partial charge in [0.1, 0.15) is 5.75 Å². The maximum atomic E-state index is 13.6. The lowest BCUT2D eigenvalue weighted by atomic mass is 9.93. The van der Waals surface area contributed by atoms with Gasteiger partial charge in [-0.2, -0.15) is 0 Å². The molecule has 1 aliphatic heterocycles. The van der Waals surface area contributed by atoms with Gasteiger partial charge in [-0.3, -0.25) is 14.6 Å². The molecule has 0 unspecified atom stereocenters. The number of halogens is 1. The van der Waals surface area contributed by atoms with E-state index in [1.54, 1.807) is 36.3 Å². The molecular formula is C32H21ClN4O4. The molecule has 0 aliphatic carbocycles. The van der Waals surface area contributed by atoms with Gasteiger partial charge < -0.3 is 14.6 Å². The second-order valence-electron chi connectivity index (χ2n) is 9.80. The Morgan fingerprint density at radius 3 is 2.56 bits per heavy atom. The van der Waals surface area contributed by atoms with Crippen LogP contribution in [-0.2, 0) is 4.79 Å². The van der Waals surface area contributed by atoms with Crippen LogP contribution in [0.3, 0.4) is 0 Å². The van der Waals surface area contributed by atoms with Crippen LogP contribution in [0.5, 0.6) is 5.75 Å². The molecule has 41 heavy (non-hydrogen) atoms. The smallest absolute Gasteiger partial charge is 0.333 e. The first-order valence-electron chi connectivity index (χ1n) is 12.9. The number of fused-ring (bicyclic) bond motifs is 3. The number of anilines is 1. The molecule has 0 saturated carbocycles. The van der Waals surface area contributed by atoms with Crippen LogP contribution in [0, 0.1) is 0 Å². The van der Waals surface area contributed by atoms with E-state index in [4.69, 9.17) is 16.3 Å². The highest BCUT2D eigenvalue weighted by molar-refractivity contribution is 6.34. The summed E-state index contributed by atoms with van der Waals surface area (Å²) in [4.78, 5) is 47.9. The van der Waals surface area contributed by atoms with Gasteiger partial charge >= 0.3 is 5.69 Å². The molecule has 1 amide bonds.